The molecule has 1 fully saturated rings. The van der Waals surface area contributed by atoms with Crippen LogP contribution in [0.15, 0.2) is 0 Å². The highest BCUT2D eigenvalue weighted by atomic mass is 32.2. The van der Waals surface area contributed by atoms with Crippen LogP contribution < -0.4 is 4.72 Å². The lowest BCUT2D eigenvalue weighted by Crippen LogP contribution is -2.52. The summed E-state index contributed by atoms with van der Waals surface area (Å²) >= 11 is 0. The number of carbonyl (C=O) groups is 2. The van der Waals surface area contributed by atoms with Crippen LogP contribution in [0.1, 0.15) is 6.42 Å². The summed E-state index contributed by atoms with van der Waals surface area (Å²) in [7, 11) is -4.01. The van der Waals surface area contributed by atoms with Gasteiger partial charge in [-0.25, -0.2) is 0 Å². The largest absolute Gasteiger partial charge is 0.481 e. The first kappa shape index (κ1) is 14.8. The molecule has 9 nitrogen and oxygen atoms in total. The Morgan fingerprint density at radius 1 is 1.28 bits per heavy atom. The second-order valence-electron chi connectivity index (χ2n) is 3.62. The maximum Gasteiger partial charge on any atom is 0.322 e. The summed E-state index contributed by atoms with van der Waals surface area (Å²) in [5, 5.41) is 17.3. The van der Waals surface area contributed by atoms with Gasteiger partial charge < -0.3 is 14.9 Å². The normalized spacial score (nSPS) is 19.3. The van der Waals surface area contributed by atoms with Crippen molar-refractivity contribution in [3.8, 4) is 0 Å². The van der Waals surface area contributed by atoms with Crippen molar-refractivity contribution in [3.05, 3.63) is 0 Å². The molecule has 0 spiro atoms. The van der Waals surface area contributed by atoms with Gasteiger partial charge in [-0.1, -0.05) is 0 Å². The number of hydrogen-bond donors (Lipinski definition) is 3. The molecule has 0 aliphatic carbocycles. The van der Waals surface area contributed by atoms with Gasteiger partial charge in [-0.2, -0.15) is 17.4 Å². The van der Waals surface area contributed by atoms with Crippen LogP contribution in [0.25, 0.3) is 0 Å². The molecule has 1 unspecified atom stereocenters. The van der Waals surface area contributed by atoms with Crippen molar-refractivity contribution >= 4 is 22.1 Å². The Morgan fingerprint density at radius 2 is 1.83 bits per heavy atom. The Kier molecular flexibility index (Phi) is 5.02. The molecule has 1 aliphatic heterocycles. The highest BCUT2D eigenvalue weighted by molar-refractivity contribution is 7.87. The number of carboxylic acid groups (broad SMARTS) is 2. The van der Waals surface area contributed by atoms with Gasteiger partial charge in [0.2, 0.25) is 0 Å². The Morgan fingerprint density at radius 3 is 2.28 bits per heavy atom. The summed E-state index contributed by atoms with van der Waals surface area (Å²) in [4.78, 5) is 21.2. The van der Waals surface area contributed by atoms with Gasteiger partial charge in [0.05, 0.1) is 19.6 Å². The number of ether oxygens (including phenoxy) is 1. The summed E-state index contributed by atoms with van der Waals surface area (Å²) in [6, 6.07) is -1.68. The minimum absolute atomic E-state index is 0.106. The molecule has 0 saturated carbocycles. The van der Waals surface area contributed by atoms with E-state index in [-0.39, 0.29) is 26.3 Å². The van der Waals surface area contributed by atoms with Crippen LogP contribution in [0.2, 0.25) is 0 Å². The van der Waals surface area contributed by atoms with Crippen molar-refractivity contribution in [3.63, 3.8) is 0 Å². The Balaban J connectivity index is 2.71. The minimum atomic E-state index is -4.01. The number of aliphatic carboxylic acids is 2. The van der Waals surface area contributed by atoms with Crippen molar-refractivity contribution in [2.45, 2.75) is 12.5 Å². The van der Waals surface area contributed by atoms with E-state index in [0.29, 0.717) is 0 Å². The molecular weight excluding hydrogens is 268 g/mol. The first-order valence-corrected chi connectivity index (χ1v) is 6.56. The van der Waals surface area contributed by atoms with E-state index in [4.69, 9.17) is 14.9 Å². The zero-order chi connectivity index (χ0) is 13.8. The highest BCUT2D eigenvalue weighted by Crippen LogP contribution is 2.05. The number of rotatable bonds is 6. The highest BCUT2D eigenvalue weighted by Gasteiger charge is 2.31. The van der Waals surface area contributed by atoms with E-state index >= 15 is 0 Å². The van der Waals surface area contributed by atoms with Crippen LogP contribution in [-0.4, -0.2) is 67.2 Å². The lowest BCUT2D eigenvalue weighted by molar-refractivity contribution is -0.145. The molecule has 104 valence electrons. The van der Waals surface area contributed by atoms with Crippen LogP contribution in [-0.2, 0) is 24.5 Å². The van der Waals surface area contributed by atoms with E-state index in [9.17, 15) is 18.0 Å². The fraction of sp³-hybridized carbons (Fsp3) is 0.750. The SMILES string of the molecule is O=C(O)CC(NS(=O)(=O)N1CCOCC1)C(=O)O. The fourth-order valence-electron chi connectivity index (χ4n) is 1.40. The number of hydrogen-bond acceptors (Lipinski definition) is 5. The first-order valence-electron chi connectivity index (χ1n) is 5.12. The second kappa shape index (κ2) is 6.09. The summed E-state index contributed by atoms with van der Waals surface area (Å²) in [5.74, 6) is -2.93. The summed E-state index contributed by atoms with van der Waals surface area (Å²) in [5.41, 5.74) is 0. The maximum atomic E-state index is 11.8. The smallest absolute Gasteiger partial charge is 0.322 e. The van der Waals surface area contributed by atoms with Gasteiger partial charge in [0.1, 0.15) is 6.04 Å². The second-order valence-corrected chi connectivity index (χ2v) is 5.33. The van der Waals surface area contributed by atoms with E-state index in [0.717, 1.165) is 4.31 Å². The van der Waals surface area contributed by atoms with E-state index < -0.39 is 34.6 Å². The monoisotopic (exact) mass is 282 g/mol. The molecule has 0 amide bonds. The van der Waals surface area contributed by atoms with Crippen LogP contribution in [0.4, 0.5) is 0 Å². The Labute approximate surface area is 104 Å². The van der Waals surface area contributed by atoms with Crippen LogP contribution in [0.5, 0.6) is 0 Å². The molecule has 1 aliphatic rings. The molecule has 1 atom stereocenters. The third-order valence-electron chi connectivity index (χ3n) is 2.28. The van der Waals surface area contributed by atoms with E-state index in [2.05, 4.69) is 0 Å². The average molecular weight is 282 g/mol. The molecule has 0 radical (unpaired) electrons. The van der Waals surface area contributed by atoms with Gasteiger partial charge in [0, 0.05) is 13.1 Å². The molecule has 1 heterocycles. The molecule has 0 aromatic heterocycles. The molecule has 0 aromatic rings. The topological polar surface area (TPSA) is 133 Å². The molecule has 0 aromatic carbocycles. The molecular formula is C8H14N2O7S. The van der Waals surface area contributed by atoms with E-state index in [1.165, 1.54) is 0 Å². The molecule has 10 heteroatoms. The van der Waals surface area contributed by atoms with Gasteiger partial charge in [-0.15, -0.1) is 0 Å². The average Bonchev–Trinajstić information content (AvgIpc) is 2.28. The lowest BCUT2D eigenvalue weighted by atomic mass is 10.2. The van der Waals surface area contributed by atoms with Gasteiger partial charge in [-0.05, 0) is 0 Å². The zero-order valence-corrected chi connectivity index (χ0v) is 10.2. The Bertz CT molecular complexity index is 415. The Hall–Kier alpha value is -1.23. The van der Waals surface area contributed by atoms with Gasteiger partial charge >= 0.3 is 11.9 Å². The van der Waals surface area contributed by atoms with Crippen molar-refractivity contribution in [1.82, 2.24) is 9.03 Å². The standard InChI is InChI=1S/C8H14N2O7S/c11-7(12)5-6(8(13)14)9-18(15,16)10-1-3-17-4-2-10/h6,9H,1-5H2,(H,11,12)(H,13,14). The predicted octanol–water partition coefficient (Wildman–Crippen LogP) is -1.92. The number of nitrogens with one attached hydrogen (secondary N) is 1. The van der Waals surface area contributed by atoms with Crippen molar-refractivity contribution in [2.75, 3.05) is 26.3 Å². The maximum absolute atomic E-state index is 11.8. The molecule has 1 saturated heterocycles. The number of nitrogens with zero attached hydrogens (tertiary/aromatic N) is 1. The third-order valence-corrected chi connectivity index (χ3v) is 3.91. The third kappa shape index (κ3) is 4.22. The number of carboxylic acids is 2. The van der Waals surface area contributed by atoms with Crippen molar-refractivity contribution < 1.29 is 33.0 Å². The summed E-state index contributed by atoms with van der Waals surface area (Å²) < 4.78 is 31.4. The molecule has 0 bridgehead atoms. The predicted molar refractivity (Wildman–Crippen MR) is 58.1 cm³/mol. The van der Waals surface area contributed by atoms with Crippen LogP contribution in [0.3, 0.4) is 0 Å². The van der Waals surface area contributed by atoms with Crippen LogP contribution in [0, 0.1) is 0 Å². The van der Waals surface area contributed by atoms with Gasteiger partial charge in [0.15, 0.2) is 0 Å². The summed E-state index contributed by atoms with van der Waals surface area (Å²) in [6.45, 7) is 0.651. The van der Waals surface area contributed by atoms with Crippen molar-refractivity contribution in [2.24, 2.45) is 0 Å². The van der Waals surface area contributed by atoms with E-state index in [1.807, 2.05) is 4.72 Å². The quantitative estimate of drug-likeness (QED) is 0.517. The minimum Gasteiger partial charge on any atom is -0.481 e. The zero-order valence-electron chi connectivity index (χ0n) is 9.40. The van der Waals surface area contributed by atoms with Gasteiger partial charge in [-0.3, -0.25) is 9.59 Å². The molecule has 1 rings (SSSR count). The first-order chi connectivity index (χ1) is 8.33. The molecule has 3 N–H and O–H groups in total. The van der Waals surface area contributed by atoms with Crippen LogP contribution >= 0.6 is 0 Å². The molecule has 18 heavy (non-hydrogen) atoms. The number of morpholine rings is 1. The lowest BCUT2D eigenvalue weighted by Gasteiger charge is -2.27. The summed E-state index contributed by atoms with van der Waals surface area (Å²) in [6.07, 6.45) is -0.821. The van der Waals surface area contributed by atoms with Gasteiger partial charge in [0.25, 0.3) is 10.2 Å². The van der Waals surface area contributed by atoms with Crippen molar-refractivity contribution in [1.29, 1.82) is 0 Å². The fourth-order valence-corrected chi connectivity index (χ4v) is 2.72. The van der Waals surface area contributed by atoms with E-state index in [1.54, 1.807) is 0 Å².